The lowest BCUT2D eigenvalue weighted by Crippen LogP contribution is -1.99. The van der Waals surface area contributed by atoms with E-state index in [0.29, 0.717) is 17.1 Å². The van der Waals surface area contributed by atoms with Gasteiger partial charge in [-0.3, -0.25) is 0 Å². The second-order valence-corrected chi connectivity index (χ2v) is 3.27. The Balaban J connectivity index is 3.07. The maximum Gasteiger partial charge on any atom is 0.123 e. The van der Waals surface area contributed by atoms with Crippen LogP contribution in [-0.4, -0.2) is 6.54 Å². The summed E-state index contributed by atoms with van der Waals surface area (Å²) in [7, 11) is 0. The van der Waals surface area contributed by atoms with E-state index in [1.165, 1.54) is 18.2 Å². The quantitative estimate of drug-likeness (QED) is 0.779. The van der Waals surface area contributed by atoms with Gasteiger partial charge in [-0.1, -0.05) is 23.3 Å². The van der Waals surface area contributed by atoms with Crippen molar-refractivity contribution in [3.8, 4) is 0 Å². The highest BCUT2D eigenvalue weighted by Gasteiger charge is 1.99. The topological polar surface area (TPSA) is 26.0 Å². The van der Waals surface area contributed by atoms with Crippen molar-refractivity contribution in [1.82, 2.24) is 0 Å². The minimum absolute atomic E-state index is 0.291. The zero-order valence-electron chi connectivity index (χ0n) is 7.35. The van der Waals surface area contributed by atoms with Crippen molar-refractivity contribution >= 4 is 17.7 Å². The molecule has 0 spiro atoms. The molecule has 3 heteroatoms. The van der Waals surface area contributed by atoms with Gasteiger partial charge in [0.05, 0.1) is 0 Å². The molecule has 1 nitrogen and oxygen atoms in total. The fourth-order valence-corrected chi connectivity index (χ4v) is 1.12. The van der Waals surface area contributed by atoms with E-state index in [1.807, 2.05) is 6.92 Å². The molecule has 0 heterocycles. The molecule has 0 fully saturated rings. The molecular formula is C10H11ClFN. The van der Waals surface area contributed by atoms with Gasteiger partial charge in [0.25, 0.3) is 0 Å². The van der Waals surface area contributed by atoms with Gasteiger partial charge < -0.3 is 5.73 Å². The van der Waals surface area contributed by atoms with Gasteiger partial charge in [-0.05, 0) is 30.7 Å². The SMILES string of the molecule is C/C(=C/c1cc(F)ccc1Cl)CN. The van der Waals surface area contributed by atoms with Crippen molar-refractivity contribution in [2.24, 2.45) is 5.73 Å². The minimum Gasteiger partial charge on any atom is -0.327 e. The Morgan fingerprint density at radius 1 is 1.62 bits per heavy atom. The number of rotatable bonds is 2. The molecule has 1 rings (SSSR count). The van der Waals surface area contributed by atoms with Gasteiger partial charge in [0.1, 0.15) is 5.82 Å². The van der Waals surface area contributed by atoms with Crippen LogP contribution in [0, 0.1) is 5.82 Å². The molecule has 1 aromatic carbocycles. The first-order valence-corrected chi connectivity index (χ1v) is 4.33. The van der Waals surface area contributed by atoms with Crippen LogP contribution < -0.4 is 5.73 Å². The normalized spacial score (nSPS) is 11.8. The highest BCUT2D eigenvalue weighted by molar-refractivity contribution is 6.32. The van der Waals surface area contributed by atoms with Crippen molar-refractivity contribution in [1.29, 1.82) is 0 Å². The molecule has 70 valence electrons. The summed E-state index contributed by atoms with van der Waals surface area (Å²) in [4.78, 5) is 0. The first-order chi connectivity index (χ1) is 6.13. The lowest BCUT2D eigenvalue weighted by Gasteiger charge is -2.00. The number of hydrogen-bond donors (Lipinski definition) is 1. The molecule has 1 aromatic rings. The Kier molecular flexibility index (Phi) is 3.46. The second-order valence-electron chi connectivity index (χ2n) is 2.86. The Morgan fingerprint density at radius 2 is 2.31 bits per heavy atom. The highest BCUT2D eigenvalue weighted by atomic mass is 35.5. The van der Waals surface area contributed by atoms with Crippen molar-refractivity contribution in [3.05, 3.63) is 40.2 Å². The fourth-order valence-electron chi connectivity index (χ4n) is 0.950. The highest BCUT2D eigenvalue weighted by Crippen LogP contribution is 2.19. The first-order valence-electron chi connectivity index (χ1n) is 3.96. The van der Waals surface area contributed by atoms with Crippen LogP contribution >= 0.6 is 11.6 Å². The lowest BCUT2D eigenvalue weighted by atomic mass is 10.1. The molecule has 0 amide bonds. The van der Waals surface area contributed by atoms with Gasteiger partial charge in [-0.2, -0.15) is 0 Å². The van der Waals surface area contributed by atoms with E-state index in [0.717, 1.165) is 5.57 Å². The van der Waals surface area contributed by atoms with Crippen LogP contribution in [-0.2, 0) is 0 Å². The molecule has 2 N–H and O–H groups in total. The third-order valence-electron chi connectivity index (χ3n) is 1.68. The molecule has 0 radical (unpaired) electrons. The standard InChI is InChI=1S/C10H11ClFN/c1-7(6-13)4-8-5-9(12)2-3-10(8)11/h2-5H,6,13H2,1H3/b7-4-. The van der Waals surface area contributed by atoms with Crippen LogP contribution in [0.4, 0.5) is 4.39 Å². The van der Waals surface area contributed by atoms with Crippen LogP contribution in [0.2, 0.25) is 5.02 Å². The van der Waals surface area contributed by atoms with Crippen molar-refractivity contribution in [2.45, 2.75) is 6.92 Å². The average Bonchev–Trinajstić information content (AvgIpc) is 2.11. The second kappa shape index (κ2) is 4.40. The molecule has 0 aromatic heterocycles. The fraction of sp³-hybridized carbons (Fsp3) is 0.200. The maximum absolute atomic E-state index is 12.8. The molecule has 0 atom stereocenters. The molecule has 0 aliphatic carbocycles. The summed E-state index contributed by atoms with van der Waals surface area (Å²) in [6.45, 7) is 2.33. The summed E-state index contributed by atoms with van der Waals surface area (Å²) < 4.78 is 12.8. The summed E-state index contributed by atoms with van der Waals surface area (Å²) in [5, 5.41) is 0.536. The van der Waals surface area contributed by atoms with Crippen LogP contribution in [0.5, 0.6) is 0 Å². The van der Waals surface area contributed by atoms with Gasteiger partial charge in [0, 0.05) is 11.6 Å². The van der Waals surface area contributed by atoms with Crippen LogP contribution in [0.15, 0.2) is 23.8 Å². The van der Waals surface area contributed by atoms with E-state index >= 15 is 0 Å². The Hall–Kier alpha value is -0.860. The van der Waals surface area contributed by atoms with Gasteiger partial charge in [0.2, 0.25) is 0 Å². The predicted octanol–water partition coefficient (Wildman–Crippen LogP) is 2.84. The number of benzene rings is 1. The van der Waals surface area contributed by atoms with E-state index in [2.05, 4.69) is 0 Å². The number of halogens is 2. The molecule has 0 saturated heterocycles. The third-order valence-corrected chi connectivity index (χ3v) is 2.03. The smallest absolute Gasteiger partial charge is 0.123 e. The Morgan fingerprint density at radius 3 is 2.92 bits per heavy atom. The number of hydrogen-bond acceptors (Lipinski definition) is 1. The monoisotopic (exact) mass is 199 g/mol. The first kappa shape index (κ1) is 10.2. The van der Waals surface area contributed by atoms with Gasteiger partial charge in [-0.15, -0.1) is 0 Å². The molecular weight excluding hydrogens is 189 g/mol. The van der Waals surface area contributed by atoms with E-state index in [4.69, 9.17) is 17.3 Å². The van der Waals surface area contributed by atoms with Gasteiger partial charge in [-0.25, -0.2) is 4.39 Å². The zero-order chi connectivity index (χ0) is 9.84. The summed E-state index contributed by atoms with van der Waals surface area (Å²) >= 11 is 5.85. The third kappa shape index (κ3) is 2.83. The van der Waals surface area contributed by atoms with E-state index in [-0.39, 0.29) is 5.82 Å². The maximum atomic E-state index is 12.8. The summed E-state index contributed by atoms with van der Waals surface area (Å²) in [5.41, 5.74) is 7.04. The lowest BCUT2D eigenvalue weighted by molar-refractivity contribution is 0.627. The molecule has 0 saturated carbocycles. The molecule has 0 aliphatic heterocycles. The van der Waals surface area contributed by atoms with Crippen molar-refractivity contribution < 1.29 is 4.39 Å². The number of nitrogens with two attached hydrogens (primary N) is 1. The summed E-state index contributed by atoms with van der Waals surface area (Å²) in [5.74, 6) is -0.291. The average molecular weight is 200 g/mol. The van der Waals surface area contributed by atoms with E-state index < -0.39 is 0 Å². The van der Waals surface area contributed by atoms with Crippen LogP contribution in [0.25, 0.3) is 6.08 Å². The molecule has 0 aliphatic rings. The van der Waals surface area contributed by atoms with Gasteiger partial charge in [0.15, 0.2) is 0 Å². The van der Waals surface area contributed by atoms with Crippen molar-refractivity contribution in [3.63, 3.8) is 0 Å². The van der Waals surface area contributed by atoms with E-state index in [9.17, 15) is 4.39 Å². The molecule has 0 unspecified atom stereocenters. The van der Waals surface area contributed by atoms with Crippen LogP contribution in [0.3, 0.4) is 0 Å². The Labute approximate surface area is 82.0 Å². The predicted molar refractivity (Wildman–Crippen MR) is 54.1 cm³/mol. The minimum atomic E-state index is -0.291. The Bertz CT molecular complexity index is 334. The van der Waals surface area contributed by atoms with Crippen LogP contribution in [0.1, 0.15) is 12.5 Å². The van der Waals surface area contributed by atoms with Gasteiger partial charge >= 0.3 is 0 Å². The molecule has 13 heavy (non-hydrogen) atoms. The van der Waals surface area contributed by atoms with Crippen molar-refractivity contribution in [2.75, 3.05) is 6.54 Å². The molecule has 0 bridgehead atoms. The summed E-state index contributed by atoms with van der Waals surface area (Å²) in [6, 6.07) is 4.26. The summed E-state index contributed by atoms with van der Waals surface area (Å²) in [6.07, 6.45) is 1.78. The zero-order valence-corrected chi connectivity index (χ0v) is 8.11. The largest absolute Gasteiger partial charge is 0.327 e. The van der Waals surface area contributed by atoms with E-state index in [1.54, 1.807) is 6.08 Å².